The number of sulfonamides is 1. The highest BCUT2D eigenvalue weighted by Gasteiger charge is 2.32. The van der Waals surface area contributed by atoms with E-state index in [2.05, 4.69) is 34.9 Å². The standard InChI is InChI=1S/C29H32Cl3N3O3S/c1-2-14-39(37,38)35-12-10-22(11-13-35)28(19-33-29(36)34-27-17-25(31)16-26(32)18-27)21-8-6-20(7-9-21)23-4-3-5-24(30)15-23/h3-9,15-18,22,28H,2,10-14,19H2,1H3,(H2,33,34,36). The van der Waals surface area contributed by atoms with Gasteiger partial charge in [0.1, 0.15) is 0 Å². The number of urea groups is 1. The van der Waals surface area contributed by atoms with E-state index in [9.17, 15) is 13.2 Å². The van der Waals surface area contributed by atoms with Crippen molar-refractivity contribution in [1.29, 1.82) is 0 Å². The van der Waals surface area contributed by atoms with Crippen LogP contribution < -0.4 is 10.6 Å². The quantitative estimate of drug-likeness (QED) is 0.262. The average molecular weight is 609 g/mol. The summed E-state index contributed by atoms with van der Waals surface area (Å²) in [7, 11) is -3.23. The Morgan fingerprint density at radius 3 is 2.21 bits per heavy atom. The summed E-state index contributed by atoms with van der Waals surface area (Å²) in [5.74, 6) is 0.376. The van der Waals surface area contributed by atoms with E-state index in [0.29, 0.717) is 46.8 Å². The van der Waals surface area contributed by atoms with Crippen LogP contribution in [0.4, 0.5) is 10.5 Å². The van der Waals surface area contributed by atoms with Gasteiger partial charge >= 0.3 is 6.03 Å². The molecule has 3 aromatic carbocycles. The summed E-state index contributed by atoms with van der Waals surface area (Å²) in [5.41, 5.74) is 3.66. The monoisotopic (exact) mass is 607 g/mol. The van der Waals surface area contributed by atoms with E-state index >= 15 is 0 Å². The van der Waals surface area contributed by atoms with Gasteiger partial charge in [0.05, 0.1) is 5.75 Å². The van der Waals surface area contributed by atoms with Crippen LogP contribution in [0.25, 0.3) is 11.1 Å². The van der Waals surface area contributed by atoms with Gasteiger partial charge in [-0.1, -0.05) is 78.1 Å². The van der Waals surface area contributed by atoms with Gasteiger partial charge in [0.2, 0.25) is 10.0 Å². The Morgan fingerprint density at radius 1 is 0.923 bits per heavy atom. The molecule has 0 saturated carbocycles. The summed E-state index contributed by atoms with van der Waals surface area (Å²) in [6, 6.07) is 20.5. The van der Waals surface area contributed by atoms with Gasteiger partial charge < -0.3 is 10.6 Å². The van der Waals surface area contributed by atoms with Crippen LogP contribution in [0, 0.1) is 5.92 Å². The van der Waals surface area contributed by atoms with E-state index in [1.165, 1.54) is 0 Å². The molecule has 1 saturated heterocycles. The number of rotatable bonds is 9. The van der Waals surface area contributed by atoms with E-state index in [0.717, 1.165) is 29.5 Å². The molecule has 0 bridgehead atoms. The predicted octanol–water partition coefficient (Wildman–Crippen LogP) is 7.67. The maximum atomic E-state index is 12.8. The van der Waals surface area contributed by atoms with Gasteiger partial charge in [-0.05, 0) is 72.2 Å². The highest BCUT2D eigenvalue weighted by Crippen LogP contribution is 2.35. The molecule has 10 heteroatoms. The third-order valence-corrected chi connectivity index (χ3v) is 9.77. The molecule has 1 heterocycles. The topological polar surface area (TPSA) is 78.5 Å². The summed E-state index contributed by atoms with van der Waals surface area (Å²) in [6.45, 7) is 3.24. The highest BCUT2D eigenvalue weighted by molar-refractivity contribution is 7.89. The number of nitrogens with one attached hydrogen (secondary N) is 2. The predicted molar refractivity (Wildman–Crippen MR) is 161 cm³/mol. The number of amides is 2. The minimum Gasteiger partial charge on any atom is -0.337 e. The molecule has 1 fully saturated rings. The number of piperidine rings is 1. The first-order valence-electron chi connectivity index (χ1n) is 13.0. The van der Waals surface area contributed by atoms with Crippen molar-refractivity contribution < 1.29 is 13.2 Å². The Bertz CT molecular complexity index is 1370. The number of benzene rings is 3. The molecule has 2 N–H and O–H groups in total. The zero-order valence-electron chi connectivity index (χ0n) is 21.7. The second kappa shape index (κ2) is 13.4. The lowest BCUT2D eigenvalue weighted by molar-refractivity contribution is 0.233. The van der Waals surface area contributed by atoms with Crippen molar-refractivity contribution in [3.05, 3.63) is 87.4 Å². The summed E-state index contributed by atoms with van der Waals surface area (Å²) in [5, 5.41) is 7.33. The second-order valence-electron chi connectivity index (χ2n) is 9.78. The molecular formula is C29H32Cl3N3O3S. The number of anilines is 1. The van der Waals surface area contributed by atoms with Crippen molar-refractivity contribution in [2.24, 2.45) is 5.92 Å². The van der Waals surface area contributed by atoms with E-state index in [1.54, 1.807) is 22.5 Å². The lowest BCUT2D eigenvalue weighted by atomic mass is 9.80. The number of halogens is 3. The summed E-state index contributed by atoms with van der Waals surface area (Å²) < 4.78 is 26.8. The van der Waals surface area contributed by atoms with E-state index in [4.69, 9.17) is 34.8 Å². The molecule has 208 valence electrons. The van der Waals surface area contributed by atoms with Gasteiger partial charge in [-0.25, -0.2) is 17.5 Å². The van der Waals surface area contributed by atoms with E-state index in [-0.39, 0.29) is 23.6 Å². The first-order chi connectivity index (χ1) is 18.6. The van der Waals surface area contributed by atoms with Crippen molar-refractivity contribution in [3.8, 4) is 11.1 Å². The van der Waals surface area contributed by atoms with Crippen LogP contribution in [0.15, 0.2) is 66.7 Å². The molecular weight excluding hydrogens is 577 g/mol. The fourth-order valence-corrected chi connectivity index (χ4v) is 7.35. The number of hydrogen-bond donors (Lipinski definition) is 2. The Hall–Kier alpha value is -2.29. The van der Waals surface area contributed by atoms with Gasteiger partial charge in [-0.15, -0.1) is 0 Å². The van der Waals surface area contributed by atoms with Gasteiger partial charge in [0.25, 0.3) is 0 Å². The van der Waals surface area contributed by atoms with E-state index < -0.39 is 10.0 Å². The van der Waals surface area contributed by atoms with Gasteiger partial charge in [-0.3, -0.25) is 0 Å². The Balaban J connectivity index is 1.50. The lowest BCUT2D eigenvalue weighted by Crippen LogP contribution is -2.42. The number of nitrogens with zero attached hydrogens (tertiary/aromatic N) is 1. The summed E-state index contributed by atoms with van der Waals surface area (Å²) in [4.78, 5) is 12.8. The lowest BCUT2D eigenvalue weighted by Gasteiger charge is -2.36. The van der Waals surface area contributed by atoms with Crippen molar-refractivity contribution in [2.75, 3.05) is 30.7 Å². The third-order valence-electron chi connectivity index (χ3n) is 7.02. The van der Waals surface area contributed by atoms with Crippen molar-refractivity contribution in [2.45, 2.75) is 32.1 Å². The van der Waals surface area contributed by atoms with Gasteiger partial charge in [0, 0.05) is 46.3 Å². The molecule has 0 radical (unpaired) electrons. The molecule has 1 aliphatic heterocycles. The van der Waals surface area contributed by atoms with Crippen LogP contribution in [0.3, 0.4) is 0 Å². The van der Waals surface area contributed by atoms with Crippen molar-refractivity contribution in [1.82, 2.24) is 9.62 Å². The molecule has 0 aromatic heterocycles. The maximum Gasteiger partial charge on any atom is 0.319 e. The van der Waals surface area contributed by atoms with E-state index in [1.807, 2.05) is 31.2 Å². The Morgan fingerprint density at radius 2 is 1.59 bits per heavy atom. The molecule has 39 heavy (non-hydrogen) atoms. The van der Waals surface area contributed by atoms with Crippen molar-refractivity contribution in [3.63, 3.8) is 0 Å². The largest absolute Gasteiger partial charge is 0.337 e. The molecule has 3 aromatic rings. The smallest absolute Gasteiger partial charge is 0.319 e. The highest BCUT2D eigenvalue weighted by atomic mass is 35.5. The fourth-order valence-electron chi connectivity index (χ4n) is 5.09. The molecule has 4 rings (SSSR count). The van der Waals surface area contributed by atoms with Gasteiger partial charge in [-0.2, -0.15) is 0 Å². The molecule has 1 unspecified atom stereocenters. The molecule has 0 aliphatic carbocycles. The minimum atomic E-state index is -3.23. The van der Waals surface area contributed by atoms with Crippen LogP contribution in [-0.4, -0.2) is 44.1 Å². The number of carbonyl (C=O) groups excluding carboxylic acids is 1. The van der Waals surface area contributed by atoms with Crippen molar-refractivity contribution >= 4 is 56.5 Å². The number of hydrogen-bond acceptors (Lipinski definition) is 3. The second-order valence-corrected chi connectivity index (χ2v) is 13.2. The first kappa shape index (κ1) is 29.7. The molecule has 6 nitrogen and oxygen atoms in total. The third kappa shape index (κ3) is 8.12. The van der Waals surface area contributed by atoms with Gasteiger partial charge in [0.15, 0.2) is 0 Å². The Labute approximate surface area is 245 Å². The zero-order valence-corrected chi connectivity index (χ0v) is 24.8. The summed E-state index contributed by atoms with van der Waals surface area (Å²) in [6.07, 6.45) is 2.04. The van der Waals surface area contributed by atoms with Crippen LogP contribution >= 0.6 is 34.8 Å². The number of carbonyl (C=O) groups is 1. The molecule has 1 aliphatic rings. The van der Waals surface area contributed by atoms with Crippen LogP contribution in [-0.2, 0) is 10.0 Å². The van der Waals surface area contributed by atoms with Crippen LogP contribution in [0.1, 0.15) is 37.7 Å². The molecule has 1 atom stereocenters. The minimum absolute atomic E-state index is 0.00291. The SMILES string of the molecule is CCCS(=O)(=O)N1CCC(C(CNC(=O)Nc2cc(Cl)cc(Cl)c2)c2ccc(-c3cccc(Cl)c3)cc2)CC1. The van der Waals surface area contributed by atoms with Crippen LogP contribution in [0.5, 0.6) is 0 Å². The Kier molecular flexibility index (Phi) is 10.2. The molecule has 0 spiro atoms. The summed E-state index contributed by atoms with van der Waals surface area (Å²) >= 11 is 18.3. The maximum absolute atomic E-state index is 12.8. The zero-order chi connectivity index (χ0) is 28.0. The normalized spacial score (nSPS) is 15.6. The average Bonchev–Trinajstić information content (AvgIpc) is 2.89. The van der Waals surface area contributed by atoms with Crippen LogP contribution in [0.2, 0.25) is 15.1 Å². The molecule has 2 amide bonds. The fraction of sp³-hybridized carbons (Fsp3) is 0.345. The first-order valence-corrected chi connectivity index (χ1v) is 15.7.